The highest BCUT2D eigenvalue weighted by molar-refractivity contribution is 5.93. The first-order valence-corrected chi connectivity index (χ1v) is 5.87. The molecular formula is C14H19N3O. The molecule has 4 heteroatoms. The number of rotatable bonds is 4. The number of nitrogens with one attached hydrogen (secondary N) is 1. The van der Waals surface area contributed by atoms with Gasteiger partial charge in [0.05, 0.1) is 19.2 Å². The van der Waals surface area contributed by atoms with Crippen molar-refractivity contribution in [1.29, 1.82) is 5.26 Å². The zero-order chi connectivity index (χ0) is 13.7. The number of nitriles is 1. The van der Waals surface area contributed by atoms with E-state index in [2.05, 4.69) is 5.32 Å². The van der Waals surface area contributed by atoms with Crippen LogP contribution in [0.5, 0.6) is 0 Å². The molecule has 0 spiro atoms. The molecule has 18 heavy (non-hydrogen) atoms. The Morgan fingerprint density at radius 3 is 2.39 bits per heavy atom. The summed E-state index contributed by atoms with van der Waals surface area (Å²) in [7, 11) is 1.75. The summed E-state index contributed by atoms with van der Waals surface area (Å²) >= 11 is 0. The van der Waals surface area contributed by atoms with Crippen molar-refractivity contribution in [2.75, 3.05) is 25.5 Å². The number of amides is 1. The second-order valence-electron chi connectivity index (χ2n) is 4.65. The lowest BCUT2D eigenvalue weighted by Gasteiger charge is -2.15. The molecule has 0 fully saturated rings. The molecule has 0 aromatic heterocycles. The fourth-order valence-corrected chi connectivity index (χ4v) is 1.98. The first-order chi connectivity index (χ1) is 8.43. The van der Waals surface area contributed by atoms with Crippen molar-refractivity contribution >= 4 is 11.6 Å². The molecule has 4 nitrogen and oxygen atoms in total. The van der Waals surface area contributed by atoms with Crippen molar-refractivity contribution in [3.63, 3.8) is 0 Å². The van der Waals surface area contributed by atoms with Gasteiger partial charge in [-0.3, -0.25) is 9.69 Å². The van der Waals surface area contributed by atoms with Crippen LogP contribution < -0.4 is 5.32 Å². The molecule has 96 valence electrons. The van der Waals surface area contributed by atoms with Crippen LogP contribution in [0.15, 0.2) is 12.1 Å². The van der Waals surface area contributed by atoms with Crippen molar-refractivity contribution in [2.45, 2.75) is 20.8 Å². The molecule has 0 unspecified atom stereocenters. The summed E-state index contributed by atoms with van der Waals surface area (Å²) in [5.41, 5.74) is 4.17. The van der Waals surface area contributed by atoms with Gasteiger partial charge in [0.25, 0.3) is 0 Å². The smallest absolute Gasteiger partial charge is 0.238 e. The van der Waals surface area contributed by atoms with Gasteiger partial charge in [-0.2, -0.15) is 5.26 Å². The van der Waals surface area contributed by atoms with Crippen molar-refractivity contribution in [2.24, 2.45) is 0 Å². The average molecular weight is 245 g/mol. The van der Waals surface area contributed by atoms with Crippen LogP contribution in [0.1, 0.15) is 16.7 Å². The predicted octanol–water partition coefficient (Wildman–Crippen LogP) is 2.01. The van der Waals surface area contributed by atoms with E-state index in [0.717, 1.165) is 16.8 Å². The normalized spacial score (nSPS) is 10.2. The van der Waals surface area contributed by atoms with Gasteiger partial charge < -0.3 is 5.32 Å². The summed E-state index contributed by atoms with van der Waals surface area (Å²) in [5.74, 6) is -0.0946. The Balaban J connectivity index is 2.74. The van der Waals surface area contributed by atoms with Crippen LogP contribution in [0.25, 0.3) is 0 Å². The summed E-state index contributed by atoms with van der Waals surface area (Å²) in [4.78, 5) is 13.5. The SMILES string of the molecule is Cc1cc(C)c(NC(=O)CN(C)CC#N)c(C)c1. The zero-order valence-corrected chi connectivity index (χ0v) is 11.4. The number of hydrogen-bond acceptors (Lipinski definition) is 3. The number of hydrogen-bond donors (Lipinski definition) is 1. The molecule has 0 aliphatic heterocycles. The molecule has 0 atom stereocenters. The van der Waals surface area contributed by atoms with Gasteiger partial charge in [-0.1, -0.05) is 17.7 Å². The standard InChI is InChI=1S/C14H19N3O/c1-10-7-11(2)14(12(3)8-10)16-13(18)9-17(4)6-5-15/h7-8H,6,9H2,1-4H3,(H,16,18). The maximum absolute atomic E-state index is 11.8. The van der Waals surface area contributed by atoms with Crippen LogP contribution in [0.3, 0.4) is 0 Å². The summed E-state index contributed by atoms with van der Waals surface area (Å²) < 4.78 is 0. The summed E-state index contributed by atoms with van der Waals surface area (Å²) in [5, 5.41) is 11.4. The molecule has 1 rings (SSSR count). The van der Waals surface area contributed by atoms with Crippen LogP contribution in [0, 0.1) is 32.1 Å². The fourth-order valence-electron chi connectivity index (χ4n) is 1.98. The Kier molecular flexibility index (Phi) is 4.87. The van der Waals surface area contributed by atoms with Gasteiger partial charge in [0.15, 0.2) is 0 Å². The predicted molar refractivity (Wildman–Crippen MR) is 72.4 cm³/mol. The molecule has 1 amide bonds. The van der Waals surface area contributed by atoms with Crippen LogP contribution in [0.4, 0.5) is 5.69 Å². The van der Waals surface area contributed by atoms with Crippen molar-refractivity contribution in [1.82, 2.24) is 4.90 Å². The highest BCUT2D eigenvalue weighted by Gasteiger charge is 2.10. The second kappa shape index (κ2) is 6.18. The summed E-state index contributed by atoms with van der Waals surface area (Å²) in [6, 6.07) is 6.10. The van der Waals surface area contributed by atoms with E-state index in [0.29, 0.717) is 0 Å². The summed E-state index contributed by atoms with van der Waals surface area (Å²) in [6.07, 6.45) is 0. The summed E-state index contributed by atoms with van der Waals surface area (Å²) in [6.45, 7) is 6.47. The lowest BCUT2D eigenvalue weighted by Crippen LogP contribution is -2.30. The maximum atomic E-state index is 11.8. The number of carbonyl (C=O) groups is 1. The third-order valence-corrected chi connectivity index (χ3v) is 2.70. The average Bonchev–Trinajstić information content (AvgIpc) is 2.23. The van der Waals surface area contributed by atoms with E-state index in [1.807, 2.05) is 39.0 Å². The van der Waals surface area contributed by atoms with Crippen molar-refractivity contribution in [3.05, 3.63) is 28.8 Å². The molecule has 0 aliphatic carbocycles. The maximum Gasteiger partial charge on any atom is 0.238 e. The number of nitrogens with zero attached hydrogens (tertiary/aromatic N) is 2. The molecule has 1 aromatic rings. The molecular weight excluding hydrogens is 226 g/mol. The van der Waals surface area contributed by atoms with Gasteiger partial charge in [-0.15, -0.1) is 0 Å². The van der Waals surface area contributed by atoms with E-state index in [-0.39, 0.29) is 19.0 Å². The van der Waals surface area contributed by atoms with E-state index < -0.39 is 0 Å². The van der Waals surface area contributed by atoms with Gasteiger partial charge in [-0.05, 0) is 38.9 Å². The van der Waals surface area contributed by atoms with Crippen molar-refractivity contribution < 1.29 is 4.79 Å². The number of likely N-dealkylation sites (N-methyl/N-ethyl adjacent to an activating group) is 1. The largest absolute Gasteiger partial charge is 0.324 e. The van der Waals surface area contributed by atoms with E-state index in [1.165, 1.54) is 5.56 Å². The molecule has 0 radical (unpaired) electrons. The van der Waals surface area contributed by atoms with E-state index in [1.54, 1.807) is 11.9 Å². The second-order valence-corrected chi connectivity index (χ2v) is 4.65. The van der Waals surface area contributed by atoms with Crippen molar-refractivity contribution in [3.8, 4) is 6.07 Å². The van der Waals surface area contributed by atoms with Gasteiger partial charge >= 0.3 is 0 Å². The fraction of sp³-hybridized carbons (Fsp3) is 0.429. The molecule has 0 bridgehead atoms. The third-order valence-electron chi connectivity index (χ3n) is 2.70. The van der Waals surface area contributed by atoms with Gasteiger partial charge in [0, 0.05) is 5.69 Å². The van der Waals surface area contributed by atoms with Gasteiger partial charge in [0.2, 0.25) is 5.91 Å². The zero-order valence-electron chi connectivity index (χ0n) is 11.4. The number of benzene rings is 1. The van der Waals surface area contributed by atoms with E-state index >= 15 is 0 Å². The molecule has 0 saturated carbocycles. The van der Waals surface area contributed by atoms with Crippen LogP contribution in [-0.4, -0.2) is 30.9 Å². The Morgan fingerprint density at radius 2 is 1.89 bits per heavy atom. The van der Waals surface area contributed by atoms with E-state index in [9.17, 15) is 4.79 Å². The lowest BCUT2D eigenvalue weighted by molar-refractivity contribution is -0.116. The molecule has 1 N–H and O–H groups in total. The molecule has 1 aromatic carbocycles. The molecule has 0 saturated heterocycles. The number of carbonyl (C=O) groups excluding carboxylic acids is 1. The minimum absolute atomic E-state index is 0.0946. The topological polar surface area (TPSA) is 56.1 Å². The van der Waals surface area contributed by atoms with E-state index in [4.69, 9.17) is 5.26 Å². The number of aryl methyl sites for hydroxylation is 3. The first-order valence-electron chi connectivity index (χ1n) is 5.87. The minimum Gasteiger partial charge on any atom is -0.324 e. The Bertz CT molecular complexity index is 465. The highest BCUT2D eigenvalue weighted by atomic mass is 16.2. The first kappa shape index (κ1) is 14.2. The number of anilines is 1. The Hall–Kier alpha value is -1.86. The highest BCUT2D eigenvalue weighted by Crippen LogP contribution is 2.21. The molecule has 0 heterocycles. The third kappa shape index (κ3) is 3.86. The van der Waals surface area contributed by atoms with Crippen LogP contribution in [-0.2, 0) is 4.79 Å². The minimum atomic E-state index is -0.0946. The Labute approximate surface area is 108 Å². The Morgan fingerprint density at radius 1 is 1.33 bits per heavy atom. The monoisotopic (exact) mass is 245 g/mol. The van der Waals surface area contributed by atoms with Gasteiger partial charge in [-0.25, -0.2) is 0 Å². The van der Waals surface area contributed by atoms with Gasteiger partial charge in [0.1, 0.15) is 0 Å². The quantitative estimate of drug-likeness (QED) is 0.825. The lowest BCUT2D eigenvalue weighted by atomic mass is 10.1. The molecule has 0 aliphatic rings. The van der Waals surface area contributed by atoms with Crippen LogP contribution in [0.2, 0.25) is 0 Å². The van der Waals surface area contributed by atoms with Crippen LogP contribution >= 0.6 is 0 Å².